The molecule has 0 unspecified atom stereocenters. The number of aromatic nitrogens is 2. The summed E-state index contributed by atoms with van der Waals surface area (Å²) >= 11 is 0. The first-order chi connectivity index (χ1) is 25.8. The molecule has 0 spiro atoms. The van der Waals surface area contributed by atoms with Crippen molar-refractivity contribution >= 4 is 35.2 Å². The number of benzene rings is 5. The van der Waals surface area contributed by atoms with Gasteiger partial charge in [0.05, 0.1) is 13.7 Å². The Balaban J connectivity index is 0.000000185. The van der Waals surface area contributed by atoms with Crippen LogP contribution in [0.4, 0.5) is 0 Å². The van der Waals surface area contributed by atoms with Crippen LogP contribution in [-0.4, -0.2) is 18.0 Å². The van der Waals surface area contributed by atoms with Gasteiger partial charge in [0.15, 0.2) is 0 Å². The maximum Gasteiger partial charge on any atom is 0.121 e. The van der Waals surface area contributed by atoms with Gasteiger partial charge in [-0.25, -0.2) is 0 Å². The second-order valence-electron chi connectivity index (χ2n) is 12.8. The largest absolute Gasteiger partial charge is 0.501 e. The van der Waals surface area contributed by atoms with E-state index < -0.39 is 21.3 Å². The van der Waals surface area contributed by atoms with Crippen molar-refractivity contribution in [3.8, 4) is 33.6 Å². The van der Waals surface area contributed by atoms with Crippen molar-refractivity contribution in [3.63, 3.8) is 0 Å². The third kappa shape index (κ3) is 7.77. The predicted octanol–water partition coefficient (Wildman–Crippen LogP) is 11.1. The second kappa shape index (κ2) is 15.3. The third-order valence-electron chi connectivity index (χ3n) is 8.31. The maximum absolute atomic E-state index is 8.88. The van der Waals surface area contributed by atoms with E-state index in [4.69, 9.17) is 11.3 Å². The molecule has 3 aromatic heterocycles. The molecule has 5 aromatic carbocycles. The molecule has 50 heavy (non-hydrogen) atoms. The van der Waals surface area contributed by atoms with Crippen LogP contribution in [0.5, 0.6) is 0 Å². The molecule has 0 aliphatic carbocycles. The van der Waals surface area contributed by atoms with Crippen LogP contribution in [0.2, 0.25) is 19.6 Å². The number of pyridine rings is 2. The molecule has 1 radical (unpaired) electrons. The fourth-order valence-electron chi connectivity index (χ4n) is 5.82. The number of hydrogen-bond acceptors (Lipinski definition) is 3. The molecular weight excluding hydrogens is 805 g/mol. The SMILES string of the molecule is [2H]C([2H])([2H])c1c[c-]c(-c2cc(C([2H])([2H])c3ccccc3)c([Si](C)(C)C)cn2)cc1.[Ir].[c-]1ccc2c(oc3cc(-c4ccccc4)ccc32)c1-c1ccccn1. The molecule has 0 bridgehead atoms. The van der Waals surface area contributed by atoms with Gasteiger partial charge in [-0.15, -0.1) is 53.6 Å². The Kier molecular flexibility index (Phi) is 8.84. The van der Waals surface area contributed by atoms with Gasteiger partial charge in [0, 0.05) is 44.7 Å². The van der Waals surface area contributed by atoms with Crippen molar-refractivity contribution in [1.29, 1.82) is 0 Å². The van der Waals surface area contributed by atoms with Gasteiger partial charge in [-0.1, -0.05) is 134 Å². The zero-order chi connectivity index (χ0) is 38.1. The van der Waals surface area contributed by atoms with E-state index in [0.29, 0.717) is 22.4 Å². The smallest absolute Gasteiger partial charge is 0.121 e. The maximum atomic E-state index is 8.88. The summed E-state index contributed by atoms with van der Waals surface area (Å²) in [6.45, 7) is 4.34. The van der Waals surface area contributed by atoms with Gasteiger partial charge in [0.25, 0.3) is 0 Å². The van der Waals surface area contributed by atoms with Gasteiger partial charge in [-0.3, -0.25) is 0 Å². The minimum Gasteiger partial charge on any atom is -0.501 e. The minimum absolute atomic E-state index is 0. The van der Waals surface area contributed by atoms with E-state index in [9.17, 15) is 0 Å². The van der Waals surface area contributed by atoms with Gasteiger partial charge in [0.2, 0.25) is 0 Å². The Labute approximate surface area is 316 Å². The first kappa shape index (κ1) is 28.9. The van der Waals surface area contributed by atoms with Crippen LogP contribution in [0, 0.1) is 19.0 Å². The van der Waals surface area contributed by atoms with Crippen LogP contribution < -0.4 is 5.19 Å². The standard InChI is InChI=1S/C23H14NO.C22H24NSi.Ir/c1-2-7-16(8-3-1)17-12-13-18-19-9-6-10-20(21-11-4-5-14-24-21)23(19)25-22(18)15-17;1-17-10-12-19(13-11-17)21-15-20(14-18-8-6-5-7-9-18)22(16-23-21)24(2,3)4;/h1-9,11-15H;5-12,15-16H,14H2,1-4H3;/q2*-1;/i;1D3,14D2;. The number of fused-ring (bicyclic) bond motifs is 3. The monoisotopic (exact) mass is 848 g/mol. The molecule has 0 amide bonds. The van der Waals surface area contributed by atoms with E-state index >= 15 is 0 Å². The minimum atomic E-state index is -2.18. The Morgan fingerprint density at radius 1 is 0.740 bits per heavy atom. The van der Waals surface area contributed by atoms with E-state index in [-0.39, 0.29) is 25.7 Å². The van der Waals surface area contributed by atoms with Gasteiger partial charge in [-0.2, -0.15) is 0 Å². The fourth-order valence-corrected chi connectivity index (χ4v) is 7.21. The molecule has 3 heterocycles. The second-order valence-corrected chi connectivity index (χ2v) is 17.9. The first-order valence-corrected chi connectivity index (χ1v) is 19.7. The number of hydrogen-bond donors (Lipinski definition) is 0. The fraction of sp³-hybridized carbons (Fsp3) is 0.111. The molecule has 0 atom stereocenters. The number of rotatable bonds is 6. The van der Waals surface area contributed by atoms with Crippen LogP contribution in [0.3, 0.4) is 0 Å². The van der Waals surface area contributed by atoms with Gasteiger partial charge in [-0.05, 0) is 51.8 Å². The van der Waals surface area contributed by atoms with Crippen molar-refractivity contribution in [3.05, 3.63) is 175 Å². The van der Waals surface area contributed by atoms with E-state index in [1.165, 1.54) is 11.6 Å². The summed E-state index contributed by atoms with van der Waals surface area (Å²) in [5, 5.41) is 3.17. The van der Waals surface area contributed by atoms with E-state index in [1.54, 1.807) is 42.7 Å². The van der Waals surface area contributed by atoms with E-state index in [1.807, 2.05) is 60.7 Å². The molecule has 249 valence electrons. The first-order valence-electron chi connectivity index (χ1n) is 18.7. The quantitative estimate of drug-likeness (QED) is 0.124. The molecule has 5 heteroatoms. The molecular formula is C45H38IrN2OSi-2. The Morgan fingerprint density at radius 2 is 1.52 bits per heavy atom. The zero-order valence-corrected chi connectivity index (χ0v) is 31.4. The normalized spacial score (nSPS) is 13.1. The summed E-state index contributed by atoms with van der Waals surface area (Å²) in [6, 6.07) is 48.5. The van der Waals surface area contributed by atoms with Crippen LogP contribution in [0.15, 0.2) is 150 Å². The van der Waals surface area contributed by atoms with Crippen molar-refractivity contribution in [2.24, 2.45) is 0 Å². The van der Waals surface area contributed by atoms with Crippen LogP contribution in [0.25, 0.3) is 55.6 Å². The predicted molar refractivity (Wildman–Crippen MR) is 207 cm³/mol. The van der Waals surface area contributed by atoms with Gasteiger partial charge >= 0.3 is 0 Å². The summed E-state index contributed by atoms with van der Waals surface area (Å²) in [6.07, 6.45) is 1.90. The van der Waals surface area contributed by atoms with Gasteiger partial charge < -0.3 is 14.4 Å². The van der Waals surface area contributed by atoms with E-state index in [0.717, 1.165) is 43.9 Å². The third-order valence-corrected chi connectivity index (χ3v) is 10.3. The summed E-state index contributed by atoms with van der Waals surface area (Å²) in [4.78, 5) is 9.01. The Morgan fingerprint density at radius 3 is 2.22 bits per heavy atom. The van der Waals surface area contributed by atoms with Crippen LogP contribution in [-0.2, 0) is 26.5 Å². The molecule has 0 aliphatic rings. The molecule has 3 nitrogen and oxygen atoms in total. The van der Waals surface area contributed by atoms with Crippen molar-refractivity contribution < 1.29 is 31.4 Å². The van der Waals surface area contributed by atoms with E-state index in [2.05, 4.69) is 78.1 Å². The summed E-state index contributed by atoms with van der Waals surface area (Å²) in [7, 11) is -1.87. The zero-order valence-electron chi connectivity index (χ0n) is 33.0. The average molecular weight is 848 g/mol. The summed E-state index contributed by atoms with van der Waals surface area (Å²) in [5.41, 5.74) is 8.47. The summed E-state index contributed by atoms with van der Waals surface area (Å²) in [5.74, 6) is 0. The molecule has 8 aromatic rings. The Hall–Kier alpha value is -4.93. The topological polar surface area (TPSA) is 38.9 Å². The molecule has 8 rings (SSSR count). The van der Waals surface area contributed by atoms with Crippen molar-refractivity contribution in [2.45, 2.75) is 32.9 Å². The van der Waals surface area contributed by atoms with Crippen LogP contribution >= 0.6 is 0 Å². The molecule has 0 N–H and O–H groups in total. The average Bonchev–Trinajstić information content (AvgIpc) is 3.56. The number of furan rings is 1. The van der Waals surface area contributed by atoms with Crippen LogP contribution in [0.1, 0.15) is 23.5 Å². The van der Waals surface area contributed by atoms with Gasteiger partial charge in [0.1, 0.15) is 5.58 Å². The Bertz CT molecular complexity index is 2540. The molecule has 0 saturated heterocycles. The molecule has 0 saturated carbocycles. The molecule has 0 fully saturated rings. The number of aryl methyl sites for hydroxylation is 1. The van der Waals surface area contributed by atoms with Crippen molar-refractivity contribution in [1.82, 2.24) is 9.97 Å². The number of nitrogens with zero attached hydrogens (tertiary/aromatic N) is 2. The summed E-state index contributed by atoms with van der Waals surface area (Å²) < 4.78 is 46.5. The van der Waals surface area contributed by atoms with Crippen molar-refractivity contribution in [2.75, 3.05) is 0 Å². The molecule has 0 aliphatic heterocycles.